The van der Waals surface area contributed by atoms with E-state index in [-0.39, 0.29) is 21.5 Å². The van der Waals surface area contributed by atoms with E-state index >= 15 is 0 Å². The van der Waals surface area contributed by atoms with Gasteiger partial charge in [-0.2, -0.15) is 0 Å². The molecule has 3 atom stereocenters. The summed E-state index contributed by atoms with van der Waals surface area (Å²) < 4.78 is 5.79. The van der Waals surface area contributed by atoms with Crippen LogP contribution in [0.4, 0.5) is 0 Å². The number of halogens is 2. The number of alkyl halides is 2. The summed E-state index contributed by atoms with van der Waals surface area (Å²) in [6.07, 6.45) is 3.64. The molecule has 0 aliphatic carbocycles. The Balaban J connectivity index is 3.97. The fourth-order valence-electron chi connectivity index (χ4n) is 1.57. The molecule has 0 aliphatic rings. The van der Waals surface area contributed by atoms with Crippen LogP contribution in [0.1, 0.15) is 34.1 Å². The normalized spacial score (nSPS) is 18.1. The van der Waals surface area contributed by atoms with E-state index in [1.807, 2.05) is 7.05 Å². The SMILES string of the molecule is CC[C@H](/C=C(\C)CN[I-]CC(C)I)[C@H](C)NC. The first-order valence-electron chi connectivity index (χ1n) is 6.30. The summed E-state index contributed by atoms with van der Waals surface area (Å²) in [5.41, 5.74) is 1.49. The molecule has 104 valence electrons. The van der Waals surface area contributed by atoms with Gasteiger partial charge in [-0.15, -0.1) is 0 Å². The second kappa shape index (κ2) is 11.0. The molecule has 0 spiro atoms. The first-order chi connectivity index (χ1) is 8.01. The van der Waals surface area contributed by atoms with Crippen LogP contribution in [0, 0.1) is 5.92 Å². The molecule has 2 N–H and O–H groups in total. The van der Waals surface area contributed by atoms with Gasteiger partial charge in [-0.1, -0.05) is 0 Å². The monoisotopic (exact) mass is 465 g/mol. The summed E-state index contributed by atoms with van der Waals surface area (Å²) in [5, 5.41) is 3.34. The molecule has 1 unspecified atom stereocenters. The molecular formula is C13H27I2N2-. The molecule has 0 rings (SSSR count). The molecule has 0 radical (unpaired) electrons. The van der Waals surface area contributed by atoms with Crippen molar-refractivity contribution >= 4 is 22.6 Å². The molecule has 4 heteroatoms. The fraction of sp³-hybridized carbons (Fsp3) is 0.846. The van der Waals surface area contributed by atoms with E-state index in [4.69, 9.17) is 0 Å². The summed E-state index contributed by atoms with van der Waals surface area (Å²) in [6.45, 7) is 10.1. The Kier molecular flexibility index (Phi) is 11.7. The Morgan fingerprint density at radius 1 is 1.41 bits per heavy atom. The van der Waals surface area contributed by atoms with Crippen molar-refractivity contribution in [2.45, 2.75) is 44.1 Å². The minimum absolute atomic E-state index is 0.187. The first-order valence-corrected chi connectivity index (χ1v) is 10.2. The molecule has 2 nitrogen and oxygen atoms in total. The predicted molar refractivity (Wildman–Crippen MR) is 82.4 cm³/mol. The van der Waals surface area contributed by atoms with Gasteiger partial charge in [0.15, 0.2) is 0 Å². The second-order valence-electron chi connectivity index (χ2n) is 4.54. The van der Waals surface area contributed by atoms with Crippen LogP contribution in [0.5, 0.6) is 0 Å². The standard InChI is InChI=1S/C13H27I2N2/c1-6-13(12(4)16-5)7-10(2)9-17-15-8-11(3)14/h7,11-13,16-17H,6,8-9H2,1-5H3/q-1/b10-7+/t11?,12-,13+/m0/s1. The van der Waals surface area contributed by atoms with Crippen LogP contribution in [-0.4, -0.2) is 28.0 Å². The van der Waals surface area contributed by atoms with Crippen molar-refractivity contribution in [3.8, 4) is 0 Å². The quantitative estimate of drug-likeness (QED) is 0.165. The van der Waals surface area contributed by atoms with E-state index in [1.165, 1.54) is 16.4 Å². The number of hydrogen-bond donors (Lipinski definition) is 2. The zero-order valence-corrected chi connectivity index (χ0v) is 16.0. The maximum atomic E-state index is 3.62. The van der Waals surface area contributed by atoms with E-state index in [2.05, 4.69) is 65.2 Å². The van der Waals surface area contributed by atoms with Crippen molar-refractivity contribution < 1.29 is 21.5 Å². The Labute approximate surface area is 132 Å². The van der Waals surface area contributed by atoms with Crippen LogP contribution >= 0.6 is 22.6 Å². The summed E-state index contributed by atoms with van der Waals surface area (Å²) in [6, 6.07) is 0.569. The zero-order chi connectivity index (χ0) is 13.3. The van der Waals surface area contributed by atoms with Crippen LogP contribution in [-0.2, 0) is 0 Å². The van der Waals surface area contributed by atoms with Gasteiger partial charge in [-0.05, 0) is 0 Å². The predicted octanol–water partition coefficient (Wildman–Crippen LogP) is -0.0161. The van der Waals surface area contributed by atoms with Crippen molar-refractivity contribution in [3.63, 3.8) is 0 Å². The van der Waals surface area contributed by atoms with Crippen molar-refractivity contribution in [2.75, 3.05) is 18.0 Å². The van der Waals surface area contributed by atoms with Crippen LogP contribution in [0.15, 0.2) is 11.6 Å². The first kappa shape index (κ1) is 18.1. The van der Waals surface area contributed by atoms with Crippen LogP contribution in [0.3, 0.4) is 0 Å². The molecule has 0 aliphatic heterocycles. The molecule has 0 aromatic heterocycles. The second-order valence-corrected chi connectivity index (χ2v) is 9.07. The van der Waals surface area contributed by atoms with Crippen molar-refractivity contribution in [1.82, 2.24) is 8.85 Å². The van der Waals surface area contributed by atoms with E-state index in [1.54, 1.807) is 0 Å². The molecule has 0 saturated carbocycles. The van der Waals surface area contributed by atoms with Gasteiger partial charge in [0.1, 0.15) is 0 Å². The molecule has 17 heavy (non-hydrogen) atoms. The van der Waals surface area contributed by atoms with Gasteiger partial charge < -0.3 is 0 Å². The number of nitrogens with one attached hydrogen (secondary N) is 2. The van der Waals surface area contributed by atoms with Crippen LogP contribution < -0.4 is 30.3 Å². The van der Waals surface area contributed by atoms with Gasteiger partial charge in [-0.25, -0.2) is 0 Å². The molecule has 0 aromatic carbocycles. The summed E-state index contributed by atoms with van der Waals surface area (Å²) in [7, 11) is 2.04. The molecule has 0 aromatic rings. The molecule has 0 amide bonds. The van der Waals surface area contributed by atoms with Crippen molar-refractivity contribution in [1.29, 1.82) is 0 Å². The fourth-order valence-corrected chi connectivity index (χ4v) is 4.47. The summed E-state index contributed by atoms with van der Waals surface area (Å²) in [5.74, 6) is 0.656. The van der Waals surface area contributed by atoms with Gasteiger partial charge in [0.2, 0.25) is 0 Å². The van der Waals surface area contributed by atoms with Crippen LogP contribution in [0.2, 0.25) is 0 Å². The van der Waals surface area contributed by atoms with E-state index in [9.17, 15) is 0 Å². The Hall–Kier alpha value is 1.12. The summed E-state index contributed by atoms with van der Waals surface area (Å²) >= 11 is 2.69. The topological polar surface area (TPSA) is 24.1 Å². The third-order valence-corrected chi connectivity index (χ3v) is 7.61. The molecule has 0 heterocycles. The van der Waals surface area contributed by atoms with E-state index in [0.717, 1.165) is 10.5 Å². The average molecular weight is 465 g/mol. The van der Waals surface area contributed by atoms with Gasteiger partial charge in [0, 0.05) is 0 Å². The third-order valence-electron chi connectivity index (χ3n) is 2.80. The van der Waals surface area contributed by atoms with Gasteiger partial charge in [-0.3, -0.25) is 0 Å². The maximum absolute atomic E-state index is 3.62. The van der Waals surface area contributed by atoms with E-state index in [0.29, 0.717) is 12.0 Å². The number of rotatable bonds is 9. The molecule has 0 fully saturated rings. The summed E-state index contributed by atoms with van der Waals surface area (Å²) in [4.78, 5) is 0. The minimum atomic E-state index is 0.187. The third kappa shape index (κ3) is 9.67. The molecular weight excluding hydrogens is 438 g/mol. The Morgan fingerprint density at radius 3 is 2.53 bits per heavy atom. The van der Waals surface area contributed by atoms with E-state index < -0.39 is 0 Å². The Morgan fingerprint density at radius 2 is 2.06 bits per heavy atom. The van der Waals surface area contributed by atoms with Gasteiger partial charge in [0.25, 0.3) is 0 Å². The van der Waals surface area contributed by atoms with Crippen molar-refractivity contribution in [3.05, 3.63) is 11.6 Å². The Bertz CT molecular complexity index is 217. The molecule has 0 saturated heterocycles. The van der Waals surface area contributed by atoms with Crippen molar-refractivity contribution in [2.24, 2.45) is 5.92 Å². The van der Waals surface area contributed by atoms with Gasteiger partial charge in [0.05, 0.1) is 0 Å². The average Bonchev–Trinajstić information content (AvgIpc) is 2.30. The van der Waals surface area contributed by atoms with Gasteiger partial charge >= 0.3 is 133 Å². The molecule has 0 bridgehead atoms. The number of hydrogen-bond acceptors (Lipinski definition) is 2. The zero-order valence-electron chi connectivity index (χ0n) is 11.7. The van der Waals surface area contributed by atoms with Crippen LogP contribution in [0.25, 0.3) is 0 Å².